The molecule has 0 aliphatic carbocycles. The van der Waals surface area contributed by atoms with Crippen molar-refractivity contribution in [2.75, 3.05) is 20.5 Å². The number of amides is 2. The van der Waals surface area contributed by atoms with Gasteiger partial charge in [-0.15, -0.1) is 0 Å². The molecule has 30 heavy (non-hydrogen) atoms. The molecule has 0 unspecified atom stereocenters. The van der Waals surface area contributed by atoms with E-state index in [-0.39, 0.29) is 25.7 Å². The highest BCUT2D eigenvalue weighted by Crippen LogP contribution is 2.21. The van der Waals surface area contributed by atoms with E-state index in [0.29, 0.717) is 11.1 Å². The normalized spacial score (nSPS) is 12.5. The number of hydrogen-bond acceptors (Lipinski definition) is 6. The fourth-order valence-corrected chi connectivity index (χ4v) is 2.94. The van der Waals surface area contributed by atoms with Crippen LogP contribution in [0.2, 0.25) is 0 Å². The molecule has 0 aliphatic heterocycles. The Morgan fingerprint density at radius 1 is 1.17 bits per heavy atom. The van der Waals surface area contributed by atoms with Crippen LogP contribution in [0.15, 0.2) is 48.5 Å². The standard InChI is InChI=1S/C22H25N3O5/c1-15(21(26)25-28)10-20(13-30-14-29-2)24-22(27)18-8-6-17(7-9-18)19-5-3-4-16(11-19)12-23/h3-9,11,15,20,28H,10,13-14H2,1-2H3,(H,24,27)(H,25,26)/t15-,20-/m0/s1. The van der Waals surface area contributed by atoms with Gasteiger partial charge in [0.05, 0.1) is 24.3 Å². The summed E-state index contributed by atoms with van der Waals surface area (Å²) in [6.45, 7) is 1.86. The molecule has 0 radical (unpaired) electrons. The van der Waals surface area contributed by atoms with Gasteiger partial charge in [0.2, 0.25) is 5.91 Å². The molecule has 2 aromatic carbocycles. The number of nitrogens with one attached hydrogen (secondary N) is 2. The Bertz CT molecular complexity index is 892. The van der Waals surface area contributed by atoms with Crippen LogP contribution in [0, 0.1) is 17.2 Å². The second-order valence-corrected chi connectivity index (χ2v) is 6.83. The molecule has 0 saturated heterocycles. The van der Waals surface area contributed by atoms with Gasteiger partial charge in [-0.05, 0) is 41.8 Å². The Morgan fingerprint density at radius 2 is 1.90 bits per heavy atom. The Labute approximate surface area is 175 Å². The summed E-state index contributed by atoms with van der Waals surface area (Å²) in [5, 5.41) is 20.7. The van der Waals surface area contributed by atoms with Crippen molar-refractivity contribution in [3.8, 4) is 17.2 Å². The summed E-state index contributed by atoms with van der Waals surface area (Å²) in [5.74, 6) is -1.37. The molecule has 2 atom stereocenters. The zero-order chi connectivity index (χ0) is 21.9. The highest BCUT2D eigenvalue weighted by atomic mass is 16.7. The number of carbonyl (C=O) groups is 2. The molecule has 0 aromatic heterocycles. The molecule has 0 spiro atoms. The van der Waals surface area contributed by atoms with Gasteiger partial charge in [-0.25, -0.2) is 5.48 Å². The number of carbonyl (C=O) groups excluding carboxylic acids is 2. The average Bonchev–Trinajstić information content (AvgIpc) is 2.78. The van der Waals surface area contributed by atoms with Gasteiger partial charge in [0.1, 0.15) is 6.79 Å². The predicted octanol–water partition coefficient (Wildman–Crippen LogP) is 2.48. The van der Waals surface area contributed by atoms with Gasteiger partial charge in [0.15, 0.2) is 0 Å². The Hall–Kier alpha value is -3.25. The first-order valence-electron chi connectivity index (χ1n) is 9.40. The van der Waals surface area contributed by atoms with Gasteiger partial charge in [-0.3, -0.25) is 14.8 Å². The van der Waals surface area contributed by atoms with Crippen LogP contribution in [0.3, 0.4) is 0 Å². The van der Waals surface area contributed by atoms with E-state index >= 15 is 0 Å². The lowest BCUT2D eigenvalue weighted by atomic mass is 10.00. The number of hydrogen-bond donors (Lipinski definition) is 3. The zero-order valence-corrected chi connectivity index (χ0v) is 16.9. The number of hydroxylamine groups is 1. The molecule has 8 heteroatoms. The summed E-state index contributed by atoms with van der Waals surface area (Å²) < 4.78 is 10.2. The quantitative estimate of drug-likeness (QED) is 0.239. The van der Waals surface area contributed by atoms with Gasteiger partial charge in [-0.2, -0.15) is 5.26 Å². The largest absolute Gasteiger partial charge is 0.359 e. The van der Waals surface area contributed by atoms with Crippen molar-refractivity contribution in [2.24, 2.45) is 5.92 Å². The minimum atomic E-state index is -0.537. The van der Waals surface area contributed by atoms with Crippen molar-refractivity contribution < 1.29 is 24.3 Å². The van der Waals surface area contributed by atoms with E-state index in [0.717, 1.165) is 11.1 Å². The summed E-state index contributed by atoms with van der Waals surface area (Å²) in [4.78, 5) is 24.3. The number of nitriles is 1. The van der Waals surface area contributed by atoms with Crippen LogP contribution in [0.4, 0.5) is 0 Å². The van der Waals surface area contributed by atoms with Crippen molar-refractivity contribution in [1.82, 2.24) is 10.8 Å². The van der Waals surface area contributed by atoms with Gasteiger partial charge in [0.25, 0.3) is 5.91 Å². The second kappa shape index (κ2) is 11.7. The topological polar surface area (TPSA) is 121 Å². The van der Waals surface area contributed by atoms with Crippen LogP contribution in [0.5, 0.6) is 0 Å². The highest BCUT2D eigenvalue weighted by molar-refractivity contribution is 5.95. The number of ether oxygens (including phenoxy) is 2. The Balaban J connectivity index is 2.08. The monoisotopic (exact) mass is 411 g/mol. The minimum absolute atomic E-state index is 0.0589. The van der Waals surface area contributed by atoms with E-state index < -0.39 is 17.9 Å². The summed E-state index contributed by atoms with van der Waals surface area (Å²) in [6, 6.07) is 15.9. The van der Waals surface area contributed by atoms with E-state index in [2.05, 4.69) is 11.4 Å². The first kappa shape index (κ1) is 23.0. The average molecular weight is 411 g/mol. The molecule has 0 aliphatic rings. The lowest BCUT2D eigenvalue weighted by molar-refractivity contribution is -0.133. The third-order valence-electron chi connectivity index (χ3n) is 4.52. The third-order valence-corrected chi connectivity index (χ3v) is 4.52. The minimum Gasteiger partial charge on any atom is -0.359 e. The molecule has 0 saturated carbocycles. The van der Waals surface area contributed by atoms with E-state index in [9.17, 15) is 9.59 Å². The second-order valence-electron chi connectivity index (χ2n) is 6.83. The molecule has 0 bridgehead atoms. The van der Waals surface area contributed by atoms with Crippen LogP contribution < -0.4 is 10.8 Å². The summed E-state index contributed by atoms with van der Waals surface area (Å²) in [6.07, 6.45) is 0.279. The van der Waals surface area contributed by atoms with Crippen molar-refractivity contribution in [3.63, 3.8) is 0 Å². The van der Waals surface area contributed by atoms with Crippen LogP contribution >= 0.6 is 0 Å². The van der Waals surface area contributed by atoms with Crippen molar-refractivity contribution in [3.05, 3.63) is 59.7 Å². The first-order valence-corrected chi connectivity index (χ1v) is 9.40. The maximum atomic E-state index is 12.7. The van der Waals surface area contributed by atoms with Gasteiger partial charge in [0, 0.05) is 18.6 Å². The maximum absolute atomic E-state index is 12.7. The van der Waals surface area contributed by atoms with E-state index in [1.165, 1.54) is 7.11 Å². The van der Waals surface area contributed by atoms with Crippen molar-refractivity contribution >= 4 is 11.8 Å². The molecule has 0 heterocycles. The van der Waals surface area contributed by atoms with E-state index in [1.807, 2.05) is 24.3 Å². The van der Waals surface area contributed by atoms with Gasteiger partial charge < -0.3 is 14.8 Å². The molecule has 3 N–H and O–H groups in total. The Morgan fingerprint density at radius 3 is 2.53 bits per heavy atom. The van der Waals surface area contributed by atoms with Crippen LogP contribution in [-0.4, -0.2) is 43.6 Å². The zero-order valence-electron chi connectivity index (χ0n) is 16.9. The molecular formula is C22H25N3O5. The number of methoxy groups -OCH3 is 1. The lowest BCUT2D eigenvalue weighted by Crippen LogP contribution is -2.41. The molecule has 8 nitrogen and oxygen atoms in total. The third kappa shape index (κ3) is 6.67. The fourth-order valence-electron chi connectivity index (χ4n) is 2.94. The Kier molecular flexibility index (Phi) is 8.97. The number of benzene rings is 2. The first-order chi connectivity index (χ1) is 14.5. The van der Waals surface area contributed by atoms with Crippen molar-refractivity contribution in [1.29, 1.82) is 5.26 Å². The fraction of sp³-hybridized carbons (Fsp3) is 0.318. The predicted molar refractivity (Wildman–Crippen MR) is 109 cm³/mol. The summed E-state index contributed by atoms with van der Waals surface area (Å²) in [7, 11) is 1.49. The van der Waals surface area contributed by atoms with Gasteiger partial charge >= 0.3 is 0 Å². The lowest BCUT2D eigenvalue weighted by Gasteiger charge is -2.21. The SMILES string of the molecule is COCOC[C@H](C[C@H](C)C(=O)NO)NC(=O)c1ccc(-c2cccc(C#N)c2)cc1. The maximum Gasteiger partial charge on any atom is 0.251 e. The number of nitrogens with zero attached hydrogens (tertiary/aromatic N) is 1. The van der Waals surface area contributed by atoms with Crippen LogP contribution in [0.1, 0.15) is 29.3 Å². The highest BCUT2D eigenvalue weighted by Gasteiger charge is 2.21. The summed E-state index contributed by atoms with van der Waals surface area (Å²) in [5.41, 5.74) is 4.40. The summed E-state index contributed by atoms with van der Waals surface area (Å²) >= 11 is 0. The molecular weight excluding hydrogens is 386 g/mol. The molecule has 0 fully saturated rings. The van der Waals surface area contributed by atoms with Gasteiger partial charge in [-0.1, -0.05) is 31.2 Å². The van der Waals surface area contributed by atoms with E-state index in [4.69, 9.17) is 19.9 Å². The van der Waals surface area contributed by atoms with Crippen LogP contribution in [0.25, 0.3) is 11.1 Å². The smallest absolute Gasteiger partial charge is 0.251 e. The molecule has 2 aromatic rings. The molecule has 2 amide bonds. The van der Waals surface area contributed by atoms with Crippen LogP contribution in [-0.2, 0) is 14.3 Å². The number of rotatable bonds is 10. The molecule has 2 rings (SSSR count). The molecule has 158 valence electrons. The van der Waals surface area contributed by atoms with Crippen molar-refractivity contribution in [2.45, 2.75) is 19.4 Å². The van der Waals surface area contributed by atoms with E-state index in [1.54, 1.807) is 36.7 Å².